The molecule has 0 aliphatic heterocycles. The van der Waals surface area contributed by atoms with Crippen LogP contribution in [0.4, 0.5) is 0 Å². The van der Waals surface area contributed by atoms with Crippen molar-refractivity contribution in [2.24, 2.45) is 0 Å². The Morgan fingerprint density at radius 3 is 2.10 bits per heavy atom. The monoisotopic (exact) mass is 284 g/mol. The van der Waals surface area contributed by atoms with Gasteiger partial charge in [-0.25, -0.2) is 0 Å². The molecule has 0 spiro atoms. The Morgan fingerprint density at radius 1 is 1.00 bits per heavy atom. The van der Waals surface area contributed by atoms with E-state index in [9.17, 15) is 4.79 Å². The predicted octanol–water partition coefficient (Wildman–Crippen LogP) is 5.16. The van der Waals surface area contributed by atoms with Crippen molar-refractivity contribution in [2.45, 2.75) is 20.8 Å². The molecule has 0 atom stereocenters. The Kier molecular flexibility index (Phi) is 4.41. The highest BCUT2D eigenvalue weighted by atomic mass is 35.5. The van der Waals surface area contributed by atoms with Crippen LogP contribution < -0.4 is 0 Å². The lowest BCUT2D eigenvalue weighted by Crippen LogP contribution is -1.94. The molecule has 2 aromatic rings. The molecule has 20 heavy (non-hydrogen) atoms. The van der Waals surface area contributed by atoms with Crippen LogP contribution in [0.25, 0.3) is 6.08 Å². The second-order valence-corrected chi connectivity index (χ2v) is 5.45. The van der Waals surface area contributed by atoms with E-state index in [0.29, 0.717) is 10.6 Å². The van der Waals surface area contributed by atoms with Gasteiger partial charge in [-0.2, -0.15) is 0 Å². The van der Waals surface area contributed by atoms with Crippen molar-refractivity contribution in [1.82, 2.24) is 0 Å². The molecule has 0 saturated heterocycles. The van der Waals surface area contributed by atoms with E-state index in [0.717, 1.165) is 5.56 Å². The number of halogens is 1. The van der Waals surface area contributed by atoms with E-state index in [4.69, 9.17) is 11.6 Å². The number of carbonyl (C=O) groups excluding carboxylic acids is 1. The average molecular weight is 285 g/mol. The van der Waals surface area contributed by atoms with Crippen LogP contribution in [0.1, 0.15) is 32.6 Å². The van der Waals surface area contributed by atoms with Gasteiger partial charge in [-0.1, -0.05) is 35.4 Å². The molecule has 0 heterocycles. The van der Waals surface area contributed by atoms with Gasteiger partial charge in [-0.05, 0) is 67.8 Å². The second kappa shape index (κ2) is 6.06. The molecule has 0 bridgehead atoms. The number of allylic oxidation sites excluding steroid dienone is 1. The molecule has 0 radical (unpaired) electrons. The first-order valence-corrected chi connectivity index (χ1v) is 6.91. The van der Waals surface area contributed by atoms with E-state index in [2.05, 4.69) is 32.9 Å². The summed E-state index contributed by atoms with van der Waals surface area (Å²) in [6.45, 7) is 6.20. The van der Waals surface area contributed by atoms with Crippen molar-refractivity contribution < 1.29 is 4.79 Å². The highest BCUT2D eigenvalue weighted by Crippen LogP contribution is 2.18. The van der Waals surface area contributed by atoms with Gasteiger partial charge in [0, 0.05) is 10.6 Å². The number of carbonyl (C=O) groups is 1. The van der Waals surface area contributed by atoms with Crippen LogP contribution >= 0.6 is 11.6 Å². The normalized spacial score (nSPS) is 11.0. The fraction of sp³-hybridized carbons (Fsp3) is 0.167. The number of ketones is 1. The number of hydrogen-bond acceptors (Lipinski definition) is 1. The first-order valence-electron chi connectivity index (χ1n) is 6.53. The summed E-state index contributed by atoms with van der Waals surface area (Å²) in [5.74, 6) is -0.0129. The summed E-state index contributed by atoms with van der Waals surface area (Å²) in [5, 5.41) is 0.635. The molecule has 2 aromatic carbocycles. The van der Waals surface area contributed by atoms with Crippen LogP contribution in [-0.4, -0.2) is 5.78 Å². The third-order valence-corrected chi connectivity index (χ3v) is 3.52. The van der Waals surface area contributed by atoms with Crippen molar-refractivity contribution in [3.63, 3.8) is 0 Å². The maximum absolute atomic E-state index is 12.1. The fourth-order valence-corrected chi connectivity index (χ4v) is 2.45. The van der Waals surface area contributed by atoms with Crippen LogP contribution in [0.3, 0.4) is 0 Å². The minimum atomic E-state index is -0.0129. The Bertz CT molecular complexity index is 643. The quantitative estimate of drug-likeness (QED) is 0.562. The fourth-order valence-electron chi connectivity index (χ4n) is 2.32. The van der Waals surface area contributed by atoms with Gasteiger partial charge in [-0.3, -0.25) is 4.79 Å². The second-order valence-electron chi connectivity index (χ2n) is 5.02. The molecule has 1 nitrogen and oxygen atoms in total. The Balaban J connectivity index is 2.25. The molecular weight excluding hydrogens is 268 g/mol. The van der Waals surface area contributed by atoms with Gasteiger partial charge in [0.15, 0.2) is 5.78 Å². The number of hydrogen-bond donors (Lipinski definition) is 0. The number of aryl methyl sites for hydroxylation is 3. The van der Waals surface area contributed by atoms with Crippen molar-refractivity contribution in [3.05, 3.63) is 75.3 Å². The van der Waals surface area contributed by atoms with Gasteiger partial charge in [-0.15, -0.1) is 0 Å². The maximum atomic E-state index is 12.1. The van der Waals surface area contributed by atoms with Crippen LogP contribution in [0.2, 0.25) is 5.02 Å². The van der Waals surface area contributed by atoms with E-state index in [1.807, 2.05) is 6.08 Å². The largest absolute Gasteiger partial charge is 0.289 e. The van der Waals surface area contributed by atoms with E-state index in [1.54, 1.807) is 30.3 Å². The topological polar surface area (TPSA) is 17.1 Å². The Labute approximate surface area is 124 Å². The Hall–Kier alpha value is -1.86. The van der Waals surface area contributed by atoms with Gasteiger partial charge < -0.3 is 0 Å². The number of rotatable bonds is 3. The maximum Gasteiger partial charge on any atom is 0.185 e. The van der Waals surface area contributed by atoms with E-state index in [-0.39, 0.29) is 5.78 Å². The average Bonchev–Trinajstić information content (AvgIpc) is 2.38. The first kappa shape index (κ1) is 14.5. The molecule has 0 N–H and O–H groups in total. The minimum absolute atomic E-state index is 0.0129. The molecule has 0 aliphatic carbocycles. The minimum Gasteiger partial charge on any atom is -0.289 e. The molecule has 0 saturated carbocycles. The standard InChI is InChI=1S/C18H17ClO/c1-12-10-13(2)17(14(3)11-12)8-9-18(20)15-4-6-16(19)7-5-15/h4-11H,1-3H3. The van der Waals surface area contributed by atoms with Crippen LogP contribution in [0.5, 0.6) is 0 Å². The van der Waals surface area contributed by atoms with Crippen LogP contribution in [0.15, 0.2) is 42.5 Å². The molecule has 0 amide bonds. The summed E-state index contributed by atoms with van der Waals surface area (Å²) in [7, 11) is 0. The van der Waals surface area contributed by atoms with Gasteiger partial charge in [0.25, 0.3) is 0 Å². The number of benzene rings is 2. The van der Waals surface area contributed by atoms with E-state index < -0.39 is 0 Å². The van der Waals surface area contributed by atoms with Gasteiger partial charge in [0.05, 0.1) is 0 Å². The lowest BCUT2D eigenvalue weighted by atomic mass is 9.99. The SMILES string of the molecule is Cc1cc(C)c(C=CC(=O)c2ccc(Cl)cc2)c(C)c1. The molecular formula is C18H17ClO. The summed E-state index contributed by atoms with van der Waals surface area (Å²) in [6, 6.07) is 11.2. The lowest BCUT2D eigenvalue weighted by molar-refractivity contribution is 0.104. The molecule has 102 valence electrons. The molecule has 0 aromatic heterocycles. The predicted molar refractivity (Wildman–Crippen MR) is 85.5 cm³/mol. The highest BCUT2D eigenvalue weighted by molar-refractivity contribution is 6.30. The highest BCUT2D eigenvalue weighted by Gasteiger charge is 2.04. The first-order chi connectivity index (χ1) is 9.47. The van der Waals surface area contributed by atoms with Crippen LogP contribution in [-0.2, 0) is 0 Å². The molecule has 2 heteroatoms. The summed E-state index contributed by atoms with van der Waals surface area (Å²) >= 11 is 5.82. The van der Waals surface area contributed by atoms with Gasteiger partial charge in [0.2, 0.25) is 0 Å². The van der Waals surface area contributed by atoms with Crippen molar-refractivity contribution in [2.75, 3.05) is 0 Å². The summed E-state index contributed by atoms with van der Waals surface area (Å²) < 4.78 is 0. The summed E-state index contributed by atoms with van der Waals surface area (Å²) in [5.41, 5.74) is 5.36. The molecule has 0 aliphatic rings. The molecule has 0 unspecified atom stereocenters. The molecule has 2 rings (SSSR count). The van der Waals surface area contributed by atoms with Crippen molar-refractivity contribution in [1.29, 1.82) is 0 Å². The zero-order chi connectivity index (χ0) is 14.7. The summed E-state index contributed by atoms with van der Waals surface area (Å²) in [4.78, 5) is 12.1. The van der Waals surface area contributed by atoms with Crippen LogP contribution in [0, 0.1) is 20.8 Å². The Morgan fingerprint density at radius 2 is 1.55 bits per heavy atom. The smallest absolute Gasteiger partial charge is 0.185 e. The summed E-state index contributed by atoms with van der Waals surface area (Å²) in [6.07, 6.45) is 3.51. The van der Waals surface area contributed by atoms with Gasteiger partial charge in [0.1, 0.15) is 0 Å². The zero-order valence-corrected chi connectivity index (χ0v) is 12.7. The molecule has 0 fully saturated rings. The van der Waals surface area contributed by atoms with Crippen molar-refractivity contribution in [3.8, 4) is 0 Å². The zero-order valence-electron chi connectivity index (χ0n) is 11.9. The van der Waals surface area contributed by atoms with Crippen molar-refractivity contribution >= 4 is 23.5 Å². The lowest BCUT2D eigenvalue weighted by Gasteiger charge is -2.06. The van der Waals surface area contributed by atoms with E-state index in [1.165, 1.54) is 16.7 Å². The van der Waals surface area contributed by atoms with Gasteiger partial charge >= 0.3 is 0 Å². The van der Waals surface area contributed by atoms with E-state index >= 15 is 0 Å². The third kappa shape index (κ3) is 3.37. The third-order valence-electron chi connectivity index (χ3n) is 3.27.